The van der Waals surface area contributed by atoms with E-state index in [-0.39, 0.29) is 12.3 Å². The Kier molecular flexibility index (Phi) is 4.53. The smallest absolute Gasteiger partial charge is 0.326 e. The van der Waals surface area contributed by atoms with E-state index in [2.05, 4.69) is 5.32 Å². The maximum Gasteiger partial charge on any atom is 0.416 e. The van der Waals surface area contributed by atoms with Crippen molar-refractivity contribution in [3.63, 3.8) is 0 Å². The van der Waals surface area contributed by atoms with Gasteiger partial charge in [-0.05, 0) is 42.0 Å². The number of anilines is 1. The molecule has 110 valence electrons. The number of carbonyl (C=O) groups excluding carboxylic acids is 1. The normalized spacial score (nSPS) is 11.2. The molecular weight excluding hydrogens is 303 g/mol. The van der Waals surface area contributed by atoms with Gasteiger partial charge in [0.2, 0.25) is 5.91 Å². The van der Waals surface area contributed by atoms with Gasteiger partial charge in [-0.25, -0.2) is 0 Å². The van der Waals surface area contributed by atoms with Crippen LogP contribution in [-0.4, -0.2) is 5.91 Å². The predicted octanol–water partition coefficient (Wildman–Crippen LogP) is 4.54. The molecule has 0 aliphatic rings. The Balaban J connectivity index is 1.98. The molecule has 21 heavy (non-hydrogen) atoms. The van der Waals surface area contributed by atoms with E-state index >= 15 is 0 Å². The lowest BCUT2D eigenvalue weighted by atomic mass is 10.1. The first-order valence-electron chi connectivity index (χ1n) is 6.06. The Hall–Kier alpha value is -2.01. The van der Waals surface area contributed by atoms with Crippen molar-refractivity contribution < 1.29 is 18.0 Å². The molecule has 1 amide bonds. The van der Waals surface area contributed by atoms with E-state index in [9.17, 15) is 18.0 Å². The molecule has 0 heterocycles. The Labute approximate surface area is 124 Å². The summed E-state index contributed by atoms with van der Waals surface area (Å²) in [6.45, 7) is 0. The highest BCUT2D eigenvalue weighted by Crippen LogP contribution is 2.29. The molecule has 0 atom stereocenters. The third kappa shape index (κ3) is 4.49. The molecule has 0 aliphatic carbocycles. The van der Waals surface area contributed by atoms with Crippen molar-refractivity contribution in [2.75, 3.05) is 5.32 Å². The summed E-state index contributed by atoms with van der Waals surface area (Å²) in [6.07, 6.45) is -4.26. The van der Waals surface area contributed by atoms with E-state index in [0.717, 1.165) is 17.7 Å². The highest BCUT2D eigenvalue weighted by atomic mass is 35.5. The summed E-state index contributed by atoms with van der Waals surface area (Å²) in [5.41, 5.74) is 0.337. The molecule has 0 spiro atoms. The number of hydrogen-bond donors (Lipinski definition) is 1. The van der Waals surface area contributed by atoms with Gasteiger partial charge in [0.05, 0.1) is 12.0 Å². The van der Waals surface area contributed by atoms with Gasteiger partial charge in [-0.2, -0.15) is 13.2 Å². The van der Waals surface area contributed by atoms with Crippen molar-refractivity contribution in [1.82, 2.24) is 0 Å². The molecule has 0 unspecified atom stereocenters. The molecule has 0 saturated carbocycles. The monoisotopic (exact) mass is 313 g/mol. The van der Waals surface area contributed by atoms with Crippen LogP contribution in [-0.2, 0) is 17.4 Å². The van der Waals surface area contributed by atoms with Crippen LogP contribution in [0.25, 0.3) is 0 Å². The second-order valence-corrected chi connectivity index (χ2v) is 4.86. The summed E-state index contributed by atoms with van der Waals surface area (Å²) < 4.78 is 37.2. The van der Waals surface area contributed by atoms with E-state index in [4.69, 9.17) is 11.6 Å². The fourth-order valence-corrected chi connectivity index (χ4v) is 1.86. The molecule has 0 saturated heterocycles. The molecule has 0 aromatic heterocycles. The first kappa shape index (κ1) is 15.4. The number of benzene rings is 2. The Morgan fingerprint density at radius 2 is 1.57 bits per heavy atom. The number of rotatable bonds is 3. The lowest BCUT2D eigenvalue weighted by Crippen LogP contribution is -2.14. The third-order valence-electron chi connectivity index (χ3n) is 2.77. The standard InChI is InChI=1S/C15H11ClF3NO/c16-12-5-1-10(2-6-12)9-14(21)20-13-7-3-11(4-8-13)15(17,18)19/h1-8H,9H2,(H,20,21). The topological polar surface area (TPSA) is 29.1 Å². The van der Waals surface area contributed by atoms with Crippen LogP contribution >= 0.6 is 11.6 Å². The quantitative estimate of drug-likeness (QED) is 0.885. The van der Waals surface area contributed by atoms with Crippen LogP contribution in [0.5, 0.6) is 0 Å². The Bertz CT molecular complexity index is 621. The number of nitrogens with one attached hydrogen (secondary N) is 1. The van der Waals surface area contributed by atoms with Crippen LogP contribution in [0.1, 0.15) is 11.1 Å². The van der Waals surface area contributed by atoms with Crippen LogP contribution in [0.4, 0.5) is 18.9 Å². The van der Waals surface area contributed by atoms with Gasteiger partial charge in [0.15, 0.2) is 0 Å². The lowest BCUT2D eigenvalue weighted by Gasteiger charge is -2.09. The Morgan fingerprint density at radius 1 is 1.00 bits per heavy atom. The van der Waals surface area contributed by atoms with Crippen LogP contribution in [0.2, 0.25) is 5.02 Å². The molecule has 0 aliphatic heterocycles. The zero-order valence-corrected chi connectivity index (χ0v) is 11.5. The van der Waals surface area contributed by atoms with E-state index in [0.29, 0.717) is 10.7 Å². The molecule has 6 heteroatoms. The van der Waals surface area contributed by atoms with Crippen LogP contribution < -0.4 is 5.32 Å². The van der Waals surface area contributed by atoms with Crippen molar-refractivity contribution in [2.24, 2.45) is 0 Å². The third-order valence-corrected chi connectivity index (χ3v) is 3.03. The molecule has 0 radical (unpaired) electrons. The molecule has 1 N–H and O–H groups in total. The molecule has 0 fully saturated rings. The molecule has 2 aromatic rings. The molecule has 2 rings (SSSR count). The number of hydrogen-bond acceptors (Lipinski definition) is 1. The fourth-order valence-electron chi connectivity index (χ4n) is 1.74. The minimum atomic E-state index is -4.38. The van der Waals surface area contributed by atoms with Gasteiger partial charge in [-0.15, -0.1) is 0 Å². The summed E-state index contributed by atoms with van der Waals surface area (Å²) in [5, 5.41) is 3.12. The van der Waals surface area contributed by atoms with Crippen molar-refractivity contribution in [3.05, 3.63) is 64.7 Å². The van der Waals surface area contributed by atoms with Gasteiger partial charge in [0.1, 0.15) is 0 Å². The molecule has 2 nitrogen and oxygen atoms in total. The van der Waals surface area contributed by atoms with Gasteiger partial charge in [0, 0.05) is 10.7 Å². The minimum absolute atomic E-state index is 0.123. The van der Waals surface area contributed by atoms with E-state index < -0.39 is 11.7 Å². The summed E-state index contributed by atoms with van der Waals surface area (Å²) in [6, 6.07) is 11.1. The summed E-state index contributed by atoms with van der Waals surface area (Å²) in [5.74, 6) is -0.308. The summed E-state index contributed by atoms with van der Waals surface area (Å²) >= 11 is 5.74. The van der Waals surface area contributed by atoms with Crippen molar-refractivity contribution >= 4 is 23.2 Å². The van der Waals surface area contributed by atoms with Crippen molar-refractivity contribution in [1.29, 1.82) is 0 Å². The maximum absolute atomic E-state index is 12.4. The minimum Gasteiger partial charge on any atom is -0.326 e. The SMILES string of the molecule is O=C(Cc1ccc(Cl)cc1)Nc1ccc(C(F)(F)F)cc1. The lowest BCUT2D eigenvalue weighted by molar-refractivity contribution is -0.137. The van der Waals surface area contributed by atoms with Gasteiger partial charge in [-0.1, -0.05) is 23.7 Å². The molecular formula is C15H11ClF3NO. The largest absolute Gasteiger partial charge is 0.416 e. The van der Waals surface area contributed by atoms with Gasteiger partial charge in [0.25, 0.3) is 0 Å². The average molecular weight is 314 g/mol. The number of amides is 1. The second-order valence-electron chi connectivity index (χ2n) is 4.43. The number of halogens is 4. The van der Waals surface area contributed by atoms with E-state index in [1.807, 2.05) is 0 Å². The van der Waals surface area contributed by atoms with Gasteiger partial charge >= 0.3 is 6.18 Å². The van der Waals surface area contributed by atoms with Crippen LogP contribution in [0.15, 0.2) is 48.5 Å². The number of alkyl halides is 3. The predicted molar refractivity (Wildman–Crippen MR) is 75.2 cm³/mol. The fraction of sp³-hybridized carbons (Fsp3) is 0.133. The Morgan fingerprint density at radius 3 is 2.10 bits per heavy atom. The highest BCUT2D eigenvalue weighted by molar-refractivity contribution is 6.30. The summed E-state index contributed by atoms with van der Waals surface area (Å²) in [7, 11) is 0. The van der Waals surface area contributed by atoms with Gasteiger partial charge in [-0.3, -0.25) is 4.79 Å². The average Bonchev–Trinajstić information content (AvgIpc) is 2.41. The van der Waals surface area contributed by atoms with Crippen molar-refractivity contribution in [2.45, 2.75) is 12.6 Å². The van der Waals surface area contributed by atoms with E-state index in [1.54, 1.807) is 24.3 Å². The number of carbonyl (C=O) groups is 1. The first-order chi connectivity index (χ1) is 9.84. The first-order valence-corrected chi connectivity index (χ1v) is 6.44. The van der Waals surface area contributed by atoms with Crippen LogP contribution in [0.3, 0.4) is 0 Å². The van der Waals surface area contributed by atoms with E-state index in [1.165, 1.54) is 12.1 Å². The van der Waals surface area contributed by atoms with Gasteiger partial charge < -0.3 is 5.32 Å². The zero-order valence-electron chi connectivity index (χ0n) is 10.7. The zero-order chi connectivity index (χ0) is 15.5. The summed E-state index contributed by atoms with van der Waals surface area (Å²) in [4.78, 5) is 11.8. The highest BCUT2D eigenvalue weighted by Gasteiger charge is 2.29. The van der Waals surface area contributed by atoms with Crippen LogP contribution in [0, 0.1) is 0 Å². The second kappa shape index (κ2) is 6.18. The van der Waals surface area contributed by atoms with Crippen molar-refractivity contribution in [3.8, 4) is 0 Å². The maximum atomic E-state index is 12.4. The molecule has 0 bridgehead atoms. The molecule has 2 aromatic carbocycles.